The maximum Gasteiger partial charge on any atom is 0.221 e. The summed E-state index contributed by atoms with van der Waals surface area (Å²) in [5, 5.41) is 4.31. The maximum atomic E-state index is 5.76. The molecule has 7 heteroatoms. The molecule has 0 aliphatic heterocycles. The Kier molecular flexibility index (Phi) is 5.64. The average molecular weight is 414 g/mol. The lowest BCUT2D eigenvalue weighted by atomic mass is 10.2. The lowest BCUT2D eigenvalue weighted by Crippen LogP contribution is -2.01. The van der Waals surface area contributed by atoms with Crippen LogP contribution in [0.25, 0.3) is 0 Å². The molecule has 0 fully saturated rings. The van der Waals surface area contributed by atoms with Crippen LogP contribution in [-0.4, -0.2) is 29.6 Å². The Morgan fingerprint density at radius 2 is 2.23 bits per heavy atom. The molecule has 0 saturated heterocycles. The van der Waals surface area contributed by atoms with Gasteiger partial charge in [-0.05, 0) is 53.6 Å². The number of rotatable bonds is 6. The summed E-state index contributed by atoms with van der Waals surface area (Å²) < 4.78 is 13.7. The smallest absolute Gasteiger partial charge is 0.221 e. The van der Waals surface area contributed by atoms with Crippen LogP contribution in [0.3, 0.4) is 0 Å². The van der Waals surface area contributed by atoms with Crippen LogP contribution in [0.1, 0.15) is 24.6 Å². The Balaban J connectivity index is 2.28. The fraction of sp³-hybridized carbons (Fsp3) is 0.333. The molecule has 0 saturated carbocycles. The number of anilines is 1. The fourth-order valence-electron chi connectivity index (χ4n) is 1.88. The SMILES string of the molecule is CCCOc1c(I)cc(C=Nn2cc(C)nc2N)cc1OC. The minimum atomic E-state index is 0.360. The second-order valence-electron chi connectivity index (χ2n) is 4.71. The Labute approximate surface area is 143 Å². The molecule has 2 aromatic rings. The van der Waals surface area contributed by atoms with Crippen LogP contribution in [0.2, 0.25) is 0 Å². The summed E-state index contributed by atoms with van der Waals surface area (Å²) in [6.07, 6.45) is 4.43. The fourth-order valence-corrected chi connectivity index (χ4v) is 2.66. The van der Waals surface area contributed by atoms with Crippen molar-refractivity contribution in [2.75, 3.05) is 19.5 Å². The number of nitrogens with zero attached hydrogens (tertiary/aromatic N) is 3. The predicted octanol–water partition coefficient (Wildman–Crippen LogP) is 3.06. The van der Waals surface area contributed by atoms with E-state index in [0.29, 0.717) is 18.3 Å². The molecular weight excluding hydrogens is 395 g/mol. The highest BCUT2D eigenvalue weighted by Crippen LogP contribution is 2.33. The Morgan fingerprint density at radius 1 is 1.45 bits per heavy atom. The number of nitrogen functional groups attached to an aromatic ring is 1. The lowest BCUT2D eigenvalue weighted by molar-refractivity contribution is 0.292. The summed E-state index contributed by atoms with van der Waals surface area (Å²) in [6, 6.07) is 3.87. The predicted molar refractivity (Wildman–Crippen MR) is 95.9 cm³/mol. The first-order valence-corrected chi connectivity index (χ1v) is 7.99. The minimum absolute atomic E-state index is 0.360. The van der Waals surface area contributed by atoms with Gasteiger partial charge in [0.25, 0.3) is 0 Å². The number of aryl methyl sites for hydroxylation is 1. The average Bonchev–Trinajstić information content (AvgIpc) is 2.81. The highest BCUT2D eigenvalue weighted by molar-refractivity contribution is 14.1. The third kappa shape index (κ3) is 3.90. The second-order valence-corrected chi connectivity index (χ2v) is 5.87. The standard InChI is InChI=1S/C15H19IN4O2/c1-4-5-22-14-12(16)6-11(7-13(14)21-3)8-18-20-9-10(2)19-15(20)17/h6-9H,4-5H2,1-3H3,(H2,17,19). The van der Waals surface area contributed by atoms with Crippen LogP contribution in [0.5, 0.6) is 11.5 Å². The first-order valence-electron chi connectivity index (χ1n) is 6.91. The Hall–Kier alpha value is -1.77. The summed E-state index contributed by atoms with van der Waals surface area (Å²) >= 11 is 2.23. The molecule has 0 aliphatic carbocycles. The summed E-state index contributed by atoms with van der Waals surface area (Å²) in [6.45, 7) is 4.59. The van der Waals surface area contributed by atoms with Gasteiger partial charge in [0.15, 0.2) is 11.5 Å². The van der Waals surface area contributed by atoms with Gasteiger partial charge in [0.2, 0.25) is 5.95 Å². The number of nitrogens with two attached hydrogens (primary N) is 1. The van der Waals surface area contributed by atoms with Gasteiger partial charge in [0.1, 0.15) is 0 Å². The van der Waals surface area contributed by atoms with Gasteiger partial charge in [0, 0.05) is 0 Å². The van der Waals surface area contributed by atoms with Crippen LogP contribution in [0.15, 0.2) is 23.4 Å². The summed E-state index contributed by atoms with van der Waals surface area (Å²) in [5.74, 6) is 1.81. The first-order chi connectivity index (χ1) is 10.5. The number of imidazole rings is 1. The molecule has 0 radical (unpaired) electrons. The molecule has 1 heterocycles. The molecule has 2 rings (SSSR count). The van der Waals surface area contributed by atoms with E-state index < -0.39 is 0 Å². The third-order valence-corrected chi connectivity index (χ3v) is 3.67. The number of ether oxygens (including phenoxy) is 2. The molecule has 2 N–H and O–H groups in total. The van der Waals surface area contributed by atoms with E-state index in [0.717, 1.165) is 27.0 Å². The van der Waals surface area contributed by atoms with Gasteiger partial charge in [-0.15, -0.1) is 0 Å². The lowest BCUT2D eigenvalue weighted by Gasteiger charge is -2.12. The largest absolute Gasteiger partial charge is 0.493 e. The third-order valence-electron chi connectivity index (χ3n) is 2.87. The van der Waals surface area contributed by atoms with Crippen molar-refractivity contribution < 1.29 is 9.47 Å². The van der Waals surface area contributed by atoms with Crippen LogP contribution in [0, 0.1) is 10.5 Å². The zero-order chi connectivity index (χ0) is 16.1. The number of aromatic nitrogens is 2. The van der Waals surface area contributed by atoms with Crippen molar-refractivity contribution in [1.29, 1.82) is 0 Å². The molecule has 0 aliphatic rings. The van der Waals surface area contributed by atoms with E-state index in [4.69, 9.17) is 15.2 Å². The second kappa shape index (κ2) is 7.48. The Bertz CT molecular complexity index is 682. The van der Waals surface area contributed by atoms with E-state index in [1.54, 1.807) is 19.5 Å². The summed E-state index contributed by atoms with van der Waals surface area (Å²) in [7, 11) is 1.63. The van der Waals surface area contributed by atoms with Crippen molar-refractivity contribution >= 4 is 34.8 Å². The van der Waals surface area contributed by atoms with E-state index >= 15 is 0 Å². The summed E-state index contributed by atoms with van der Waals surface area (Å²) in [4.78, 5) is 4.10. The van der Waals surface area contributed by atoms with Crippen molar-refractivity contribution in [2.45, 2.75) is 20.3 Å². The van der Waals surface area contributed by atoms with E-state index in [9.17, 15) is 0 Å². The molecule has 22 heavy (non-hydrogen) atoms. The molecule has 6 nitrogen and oxygen atoms in total. The van der Waals surface area contributed by atoms with Crippen molar-refractivity contribution in [3.8, 4) is 11.5 Å². The molecule has 0 atom stereocenters. The topological polar surface area (TPSA) is 74.7 Å². The maximum absolute atomic E-state index is 5.76. The number of methoxy groups -OCH3 is 1. The molecule has 0 amide bonds. The summed E-state index contributed by atoms with van der Waals surface area (Å²) in [5.41, 5.74) is 7.49. The van der Waals surface area contributed by atoms with Crippen molar-refractivity contribution in [1.82, 2.24) is 9.66 Å². The molecule has 1 aromatic carbocycles. The van der Waals surface area contributed by atoms with Crippen molar-refractivity contribution in [3.05, 3.63) is 33.2 Å². The van der Waals surface area contributed by atoms with Gasteiger partial charge in [-0.25, -0.2) is 9.66 Å². The van der Waals surface area contributed by atoms with Crippen LogP contribution in [0.4, 0.5) is 5.95 Å². The van der Waals surface area contributed by atoms with Crippen molar-refractivity contribution in [2.24, 2.45) is 5.10 Å². The minimum Gasteiger partial charge on any atom is -0.493 e. The molecule has 0 spiro atoms. The van der Waals surface area contributed by atoms with Crippen LogP contribution >= 0.6 is 22.6 Å². The van der Waals surface area contributed by atoms with Crippen LogP contribution in [-0.2, 0) is 0 Å². The van der Waals surface area contributed by atoms with E-state index in [-0.39, 0.29) is 0 Å². The zero-order valence-corrected chi connectivity index (χ0v) is 15.0. The molecule has 118 valence electrons. The highest BCUT2D eigenvalue weighted by atomic mass is 127. The van der Waals surface area contributed by atoms with Gasteiger partial charge in [-0.2, -0.15) is 5.10 Å². The molecule has 0 unspecified atom stereocenters. The molecular formula is C15H19IN4O2. The normalized spacial score (nSPS) is 11.1. The van der Waals surface area contributed by atoms with E-state index in [2.05, 4.69) is 39.6 Å². The van der Waals surface area contributed by atoms with Gasteiger partial charge in [-0.1, -0.05) is 6.92 Å². The highest BCUT2D eigenvalue weighted by Gasteiger charge is 2.11. The quantitative estimate of drug-likeness (QED) is 0.583. The van der Waals surface area contributed by atoms with Crippen molar-refractivity contribution in [3.63, 3.8) is 0 Å². The van der Waals surface area contributed by atoms with Gasteiger partial charge >= 0.3 is 0 Å². The van der Waals surface area contributed by atoms with Gasteiger partial charge in [-0.3, -0.25) is 0 Å². The van der Waals surface area contributed by atoms with Gasteiger partial charge in [0.05, 0.1) is 35.4 Å². The van der Waals surface area contributed by atoms with Crippen LogP contribution < -0.4 is 15.2 Å². The number of halogens is 1. The molecule has 1 aromatic heterocycles. The zero-order valence-electron chi connectivity index (χ0n) is 12.8. The monoisotopic (exact) mass is 414 g/mol. The first kappa shape index (κ1) is 16.6. The van der Waals surface area contributed by atoms with Gasteiger partial charge < -0.3 is 15.2 Å². The number of benzene rings is 1. The Morgan fingerprint density at radius 3 is 2.82 bits per heavy atom. The number of hydrogen-bond donors (Lipinski definition) is 1. The number of hydrogen-bond acceptors (Lipinski definition) is 5. The van der Waals surface area contributed by atoms with E-state index in [1.807, 2.05) is 19.1 Å². The molecule has 0 bridgehead atoms. The van der Waals surface area contributed by atoms with E-state index in [1.165, 1.54) is 4.68 Å².